The van der Waals surface area contributed by atoms with Crippen LogP contribution in [0.2, 0.25) is 0 Å². The molecule has 1 saturated carbocycles. The van der Waals surface area contributed by atoms with E-state index in [-0.39, 0.29) is 24.4 Å². The van der Waals surface area contributed by atoms with Crippen LogP contribution in [-0.4, -0.2) is 29.2 Å². The largest absolute Gasteiger partial charge is 0.462 e. The van der Waals surface area contributed by atoms with Gasteiger partial charge in [-0.15, -0.1) is 0 Å². The minimum absolute atomic E-state index is 0.00755. The van der Waals surface area contributed by atoms with E-state index in [4.69, 9.17) is 10.6 Å². The minimum atomic E-state index is -0.431. The van der Waals surface area contributed by atoms with Crippen LogP contribution in [0.1, 0.15) is 80.5 Å². The lowest BCUT2D eigenvalue weighted by molar-refractivity contribution is -0.151. The molecule has 1 aromatic carbocycles. The summed E-state index contributed by atoms with van der Waals surface area (Å²) in [6, 6.07) is 11.3. The third-order valence-electron chi connectivity index (χ3n) is 5.97. The predicted molar refractivity (Wildman–Crippen MR) is 128 cm³/mol. The van der Waals surface area contributed by atoms with Gasteiger partial charge in [0.1, 0.15) is 6.10 Å². The highest BCUT2D eigenvalue weighted by atomic mass is 16.5. The summed E-state index contributed by atoms with van der Waals surface area (Å²) in [5.74, 6) is 4.84. The van der Waals surface area contributed by atoms with Crippen molar-refractivity contribution < 1.29 is 14.3 Å². The van der Waals surface area contributed by atoms with Gasteiger partial charge in [0, 0.05) is 18.8 Å². The molecule has 7 nitrogen and oxygen atoms in total. The van der Waals surface area contributed by atoms with Gasteiger partial charge in [-0.1, -0.05) is 36.8 Å². The number of nitrogens with zero attached hydrogens (tertiary/aromatic N) is 2. The van der Waals surface area contributed by atoms with Crippen molar-refractivity contribution in [3.05, 3.63) is 65.5 Å². The Morgan fingerprint density at radius 1 is 1.15 bits per heavy atom. The van der Waals surface area contributed by atoms with Gasteiger partial charge < -0.3 is 15.9 Å². The average Bonchev–Trinajstić information content (AvgIpc) is 2.84. The minimum Gasteiger partial charge on any atom is -0.462 e. The van der Waals surface area contributed by atoms with Gasteiger partial charge in [0.2, 0.25) is 5.91 Å². The normalized spacial score (nSPS) is 15.3. The van der Waals surface area contributed by atoms with Crippen molar-refractivity contribution in [3.8, 4) is 0 Å². The number of benzene rings is 1. The summed E-state index contributed by atoms with van der Waals surface area (Å²) in [4.78, 5) is 29.3. The number of hydrogen-bond acceptors (Lipinski definition) is 6. The number of hydrazone groups is 1. The van der Waals surface area contributed by atoms with Crippen molar-refractivity contribution in [3.63, 3.8) is 0 Å². The number of nitrogens with two attached hydrogens (primary N) is 1. The highest BCUT2D eigenvalue weighted by molar-refractivity contribution is 5.79. The molecule has 0 spiro atoms. The van der Waals surface area contributed by atoms with Crippen LogP contribution in [0.4, 0.5) is 0 Å². The highest BCUT2D eigenvalue weighted by Gasteiger charge is 2.23. The first-order valence-corrected chi connectivity index (χ1v) is 11.8. The second-order valence-electron chi connectivity index (χ2n) is 8.59. The lowest BCUT2D eigenvalue weighted by atomic mass is 9.97. The highest BCUT2D eigenvalue weighted by Crippen LogP contribution is 2.23. The van der Waals surface area contributed by atoms with E-state index in [1.165, 1.54) is 12.0 Å². The van der Waals surface area contributed by atoms with Gasteiger partial charge in [-0.3, -0.25) is 14.6 Å². The lowest BCUT2D eigenvalue weighted by Crippen LogP contribution is -2.31. The standard InChI is InChI=1S/C26H34N4O3/c27-29-18-21-14-12-20(13-15-21)7-4-5-11-25(31)30-24(22-8-6-16-28-19-22)17-26(32)33-23-9-2-1-3-10-23/h6,8,12-16,18-19,23-24H,1-5,7,9-11,17,27H2,(H,30,31). The van der Waals surface area contributed by atoms with Gasteiger partial charge >= 0.3 is 5.97 Å². The molecule has 1 aliphatic carbocycles. The number of esters is 1. The maximum absolute atomic E-state index is 12.6. The fourth-order valence-electron chi connectivity index (χ4n) is 4.16. The fraction of sp³-hybridized carbons (Fsp3) is 0.462. The van der Waals surface area contributed by atoms with Gasteiger partial charge in [-0.25, -0.2) is 0 Å². The van der Waals surface area contributed by atoms with Crippen LogP contribution >= 0.6 is 0 Å². The van der Waals surface area contributed by atoms with E-state index in [1.807, 2.05) is 36.4 Å². The predicted octanol–water partition coefficient (Wildman–Crippen LogP) is 4.21. The van der Waals surface area contributed by atoms with Gasteiger partial charge in [0.25, 0.3) is 0 Å². The molecule has 0 bridgehead atoms. The molecule has 2 aromatic rings. The zero-order valence-corrected chi connectivity index (χ0v) is 19.1. The third kappa shape index (κ3) is 8.67. The van der Waals surface area contributed by atoms with Crippen LogP contribution in [0.25, 0.3) is 0 Å². The van der Waals surface area contributed by atoms with Gasteiger partial charge in [-0.2, -0.15) is 5.10 Å². The third-order valence-corrected chi connectivity index (χ3v) is 5.97. The van der Waals surface area contributed by atoms with E-state index in [2.05, 4.69) is 15.4 Å². The Morgan fingerprint density at radius 3 is 2.64 bits per heavy atom. The van der Waals surface area contributed by atoms with Gasteiger partial charge in [-0.05, 0) is 67.7 Å². The molecule has 3 N–H and O–H groups in total. The van der Waals surface area contributed by atoms with Gasteiger partial charge in [0.05, 0.1) is 18.7 Å². The fourth-order valence-corrected chi connectivity index (χ4v) is 4.16. The Balaban J connectivity index is 1.46. The van der Waals surface area contributed by atoms with Crippen LogP contribution in [0.3, 0.4) is 0 Å². The number of amides is 1. The van der Waals surface area contributed by atoms with E-state index < -0.39 is 6.04 Å². The molecule has 1 atom stereocenters. The molecule has 176 valence electrons. The molecule has 0 radical (unpaired) electrons. The number of ether oxygens (including phenoxy) is 1. The molecular formula is C26H34N4O3. The topological polar surface area (TPSA) is 107 Å². The smallest absolute Gasteiger partial charge is 0.308 e. The van der Waals surface area contributed by atoms with Crippen LogP contribution in [0.15, 0.2) is 53.9 Å². The number of unbranched alkanes of at least 4 members (excludes halogenated alkanes) is 1. The first kappa shape index (κ1) is 24.4. The number of hydrogen-bond donors (Lipinski definition) is 2. The molecule has 7 heteroatoms. The van der Waals surface area contributed by atoms with Gasteiger partial charge in [0.15, 0.2) is 0 Å². The number of nitrogens with one attached hydrogen (secondary N) is 1. The molecule has 33 heavy (non-hydrogen) atoms. The number of rotatable bonds is 11. The Kier molecular flexibility index (Phi) is 9.88. The maximum Gasteiger partial charge on any atom is 0.308 e. The SMILES string of the molecule is NN=Cc1ccc(CCCCC(=O)NC(CC(=O)OC2CCCCC2)c2cccnc2)cc1. The molecule has 1 aromatic heterocycles. The van der Waals surface area contributed by atoms with Crippen molar-refractivity contribution in [2.45, 2.75) is 76.4 Å². The molecule has 1 fully saturated rings. The monoisotopic (exact) mass is 450 g/mol. The number of pyridine rings is 1. The van der Waals surface area contributed by atoms with Crippen molar-refractivity contribution in [1.82, 2.24) is 10.3 Å². The van der Waals surface area contributed by atoms with Crippen molar-refractivity contribution in [2.75, 3.05) is 0 Å². The van der Waals surface area contributed by atoms with Crippen LogP contribution in [0, 0.1) is 0 Å². The number of aryl methyl sites for hydroxylation is 1. The van der Waals surface area contributed by atoms with E-state index >= 15 is 0 Å². The van der Waals surface area contributed by atoms with Crippen LogP contribution in [-0.2, 0) is 20.7 Å². The number of carbonyl (C=O) groups is 2. The zero-order valence-electron chi connectivity index (χ0n) is 19.1. The number of aromatic nitrogens is 1. The number of carbonyl (C=O) groups excluding carboxylic acids is 2. The average molecular weight is 451 g/mol. The van der Waals surface area contributed by atoms with E-state index in [0.29, 0.717) is 6.42 Å². The Morgan fingerprint density at radius 2 is 1.94 bits per heavy atom. The second-order valence-corrected chi connectivity index (χ2v) is 8.59. The summed E-state index contributed by atoms with van der Waals surface area (Å²) >= 11 is 0. The van der Waals surface area contributed by atoms with E-state index in [1.54, 1.807) is 18.6 Å². The van der Waals surface area contributed by atoms with Crippen molar-refractivity contribution in [2.24, 2.45) is 10.9 Å². The first-order chi connectivity index (χ1) is 16.1. The van der Waals surface area contributed by atoms with E-state index in [9.17, 15) is 9.59 Å². The Bertz CT molecular complexity index is 894. The van der Waals surface area contributed by atoms with E-state index in [0.717, 1.165) is 56.1 Å². The molecule has 1 aliphatic rings. The summed E-state index contributed by atoms with van der Waals surface area (Å²) in [5, 5.41) is 6.54. The summed E-state index contributed by atoms with van der Waals surface area (Å²) in [6.45, 7) is 0. The molecule has 1 heterocycles. The summed E-state index contributed by atoms with van der Waals surface area (Å²) in [6.07, 6.45) is 13.4. The second kappa shape index (κ2) is 13.4. The van der Waals surface area contributed by atoms with Crippen molar-refractivity contribution in [1.29, 1.82) is 0 Å². The summed E-state index contributed by atoms with van der Waals surface area (Å²) in [7, 11) is 0. The molecule has 0 saturated heterocycles. The molecule has 1 unspecified atom stereocenters. The molecular weight excluding hydrogens is 416 g/mol. The summed E-state index contributed by atoms with van der Waals surface area (Å²) in [5.41, 5.74) is 2.99. The van der Waals surface area contributed by atoms with Crippen LogP contribution in [0.5, 0.6) is 0 Å². The Hall–Kier alpha value is -3.22. The quantitative estimate of drug-likeness (QED) is 0.175. The lowest BCUT2D eigenvalue weighted by Gasteiger charge is -2.24. The maximum atomic E-state index is 12.6. The van der Waals surface area contributed by atoms with Crippen molar-refractivity contribution >= 4 is 18.1 Å². The zero-order chi connectivity index (χ0) is 23.3. The summed E-state index contributed by atoms with van der Waals surface area (Å²) < 4.78 is 5.67. The molecule has 3 rings (SSSR count). The van der Waals surface area contributed by atoms with Crippen LogP contribution < -0.4 is 11.2 Å². The first-order valence-electron chi connectivity index (χ1n) is 11.8. The Labute approximate surface area is 195 Å². The molecule has 1 amide bonds. The molecule has 0 aliphatic heterocycles.